The molecule has 3 aliphatic heterocycles. The van der Waals surface area contributed by atoms with Crippen LogP contribution >= 0.6 is 0 Å². The molecular formula is C17H22N2O2. The zero-order valence-corrected chi connectivity index (χ0v) is 12.2. The van der Waals surface area contributed by atoms with Crippen molar-refractivity contribution in [3.05, 3.63) is 35.9 Å². The van der Waals surface area contributed by atoms with Crippen molar-refractivity contribution in [2.24, 2.45) is 23.7 Å². The molecule has 21 heavy (non-hydrogen) atoms. The van der Waals surface area contributed by atoms with E-state index in [0.717, 1.165) is 17.8 Å². The van der Waals surface area contributed by atoms with Crippen LogP contribution in [0, 0.1) is 23.7 Å². The summed E-state index contributed by atoms with van der Waals surface area (Å²) in [5.74, 6) is 2.92. The van der Waals surface area contributed by atoms with Crippen molar-refractivity contribution in [1.82, 2.24) is 10.4 Å². The highest BCUT2D eigenvalue weighted by atomic mass is 16.7. The highest BCUT2D eigenvalue weighted by Crippen LogP contribution is 2.46. The van der Waals surface area contributed by atoms with Crippen LogP contribution in [0.1, 0.15) is 23.2 Å². The van der Waals surface area contributed by atoms with Gasteiger partial charge in [-0.15, -0.1) is 0 Å². The zero-order valence-electron chi connectivity index (χ0n) is 12.2. The third kappa shape index (κ3) is 2.58. The molecular weight excluding hydrogens is 264 g/mol. The van der Waals surface area contributed by atoms with Crippen LogP contribution in [0.2, 0.25) is 0 Å². The molecule has 1 saturated carbocycles. The average molecular weight is 286 g/mol. The Morgan fingerprint density at radius 3 is 2.52 bits per heavy atom. The van der Waals surface area contributed by atoms with Gasteiger partial charge in [0.05, 0.1) is 6.61 Å². The summed E-state index contributed by atoms with van der Waals surface area (Å²) >= 11 is 0. The Balaban J connectivity index is 1.31. The van der Waals surface area contributed by atoms with Gasteiger partial charge < -0.3 is 4.90 Å². The van der Waals surface area contributed by atoms with Crippen LogP contribution in [0.4, 0.5) is 0 Å². The summed E-state index contributed by atoms with van der Waals surface area (Å²) < 4.78 is 0. The molecule has 4 aliphatic rings. The van der Waals surface area contributed by atoms with Crippen LogP contribution in [-0.4, -0.2) is 37.0 Å². The average Bonchev–Trinajstić information content (AvgIpc) is 2.50. The molecule has 4 nitrogen and oxygen atoms in total. The number of benzene rings is 1. The van der Waals surface area contributed by atoms with Crippen LogP contribution < -0.4 is 5.48 Å². The van der Waals surface area contributed by atoms with Crippen molar-refractivity contribution < 1.29 is 9.63 Å². The maximum Gasteiger partial charge on any atom is 0.274 e. The molecule has 4 bridgehead atoms. The first-order valence-corrected chi connectivity index (χ1v) is 7.99. The highest BCUT2D eigenvalue weighted by molar-refractivity contribution is 5.93. The Morgan fingerprint density at radius 1 is 1.14 bits per heavy atom. The van der Waals surface area contributed by atoms with Gasteiger partial charge in [-0.25, -0.2) is 5.48 Å². The smallest absolute Gasteiger partial charge is 0.274 e. The lowest BCUT2D eigenvalue weighted by Crippen LogP contribution is -2.58. The fourth-order valence-corrected chi connectivity index (χ4v) is 4.63. The summed E-state index contributed by atoms with van der Waals surface area (Å²) in [6.45, 7) is 4.43. The molecule has 1 aromatic rings. The Hall–Kier alpha value is -1.39. The number of rotatable bonds is 4. The molecule has 5 rings (SSSR count). The molecule has 5 atom stereocenters. The van der Waals surface area contributed by atoms with Crippen LogP contribution in [0.15, 0.2) is 30.3 Å². The lowest BCUT2D eigenvalue weighted by Gasteiger charge is -2.55. The second kappa shape index (κ2) is 5.43. The van der Waals surface area contributed by atoms with E-state index in [4.69, 9.17) is 4.84 Å². The number of carbonyl (C=O) groups excluding carboxylic acids is 1. The van der Waals surface area contributed by atoms with Crippen molar-refractivity contribution in [1.29, 1.82) is 0 Å². The molecule has 0 spiro atoms. The van der Waals surface area contributed by atoms with Gasteiger partial charge in [-0.2, -0.15) is 0 Å². The number of nitrogens with one attached hydrogen (secondary N) is 1. The van der Waals surface area contributed by atoms with E-state index in [1.54, 1.807) is 12.1 Å². The van der Waals surface area contributed by atoms with Gasteiger partial charge in [-0.1, -0.05) is 18.2 Å². The third-order valence-electron chi connectivity index (χ3n) is 5.46. The number of nitrogens with zero attached hydrogens (tertiary/aromatic N) is 1. The minimum Gasteiger partial charge on any atom is -0.302 e. The summed E-state index contributed by atoms with van der Waals surface area (Å²) in [6.07, 6.45) is 2.71. The zero-order chi connectivity index (χ0) is 14.2. The monoisotopic (exact) mass is 286 g/mol. The van der Waals surface area contributed by atoms with Gasteiger partial charge in [0.1, 0.15) is 0 Å². The van der Waals surface area contributed by atoms with E-state index in [1.165, 1.54) is 32.5 Å². The van der Waals surface area contributed by atoms with Gasteiger partial charge in [0, 0.05) is 25.2 Å². The quantitative estimate of drug-likeness (QED) is 0.860. The Morgan fingerprint density at radius 2 is 1.86 bits per heavy atom. The molecule has 3 unspecified atom stereocenters. The van der Waals surface area contributed by atoms with E-state index in [1.807, 2.05) is 18.2 Å². The summed E-state index contributed by atoms with van der Waals surface area (Å²) in [5.41, 5.74) is 3.25. The van der Waals surface area contributed by atoms with Gasteiger partial charge in [-0.3, -0.25) is 9.63 Å². The van der Waals surface area contributed by atoms with Gasteiger partial charge in [0.2, 0.25) is 0 Å². The van der Waals surface area contributed by atoms with Crippen molar-refractivity contribution in [2.45, 2.75) is 12.8 Å². The predicted molar refractivity (Wildman–Crippen MR) is 79.5 cm³/mol. The second-order valence-corrected chi connectivity index (χ2v) is 6.85. The van der Waals surface area contributed by atoms with Gasteiger partial charge >= 0.3 is 0 Å². The normalized spacial score (nSPS) is 36.7. The first-order valence-electron chi connectivity index (χ1n) is 7.99. The summed E-state index contributed by atoms with van der Waals surface area (Å²) in [4.78, 5) is 20.1. The van der Waals surface area contributed by atoms with E-state index < -0.39 is 0 Å². The third-order valence-corrected chi connectivity index (χ3v) is 5.46. The lowest BCUT2D eigenvalue weighted by molar-refractivity contribution is -0.102. The molecule has 0 aromatic heterocycles. The Labute approximate surface area is 125 Å². The summed E-state index contributed by atoms with van der Waals surface area (Å²) in [5, 5.41) is 0. The molecule has 1 aliphatic carbocycles. The van der Waals surface area contributed by atoms with Crippen LogP contribution in [0.5, 0.6) is 0 Å². The maximum atomic E-state index is 11.9. The highest BCUT2D eigenvalue weighted by Gasteiger charge is 2.47. The number of amides is 1. The van der Waals surface area contributed by atoms with Crippen LogP contribution in [-0.2, 0) is 4.84 Å². The number of hydrogen-bond acceptors (Lipinski definition) is 3. The predicted octanol–water partition coefficient (Wildman–Crippen LogP) is 1.94. The standard InChI is InChI=1S/C17H22N2O2/c20-17(13-4-2-1-3-5-13)18-21-11-16-14-6-12-7-15(16)10-19(8-12)9-14/h1-5,12,14-16H,6-11H2,(H,18,20)/t12?,14-,15+,16?. The molecule has 1 N–H and O–H groups in total. The first kappa shape index (κ1) is 13.3. The van der Waals surface area contributed by atoms with E-state index >= 15 is 0 Å². The molecule has 4 heteroatoms. The van der Waals surface area contributed by atoms with Crippen LogP contribution in [0.25, 0.3) is 0 Å². The topological polar surface area (TPSA) is 41.6 Å². The van der Waals surface area contributed by atoms with Crippen molar-refractivity contribution in [3.8, 4) is 0 Å². The lowest BCUT2D eigenvalue weighted by atomic mass is 9.62. The van der Waals surface area contributed by atoms with E-state index in [-0.39, 0.29) is 5.91 Å². The summed E-state index contributed by atoms with van der Waals surface area (Å²) in [7, 11) is 0. The molecule has 1 aromatic carbocycles. The minimum absolute atomic E-state index is 0.150. The van der Waals surface area contributed by atoms with Gasteiger partial charge in [0.25, 0.3) is 5.91 Å². The fraction of sp³-hybridized carbons (Fsp3) is 0.588. The van der Waals surface area contributed by atoms with Crippen molar-refractivity contribution in [2.75, 3.05) is 26.2 Å². The van der Waals surface area contributed by atoms with Crippen molar-refractivity contribution >= 4 is 5.91 Å². The maximum absolute atomic E-state index is 11.9. The number of piperidine rings is 3. The number of carbonyl (C=O) groups is 1. The summed E-state index contributed by atoms with van der Waals surface area (Å²) in [6, 6.07) is 9.23. The van der Waals surface area contributed by atoms with Crippen LogP contribution in [0.3, 0.4) is 0 Å². The van der Waals surface area contributed by atoms with E-state index in [9.17, 15) is 4.79 Å². The molecule has 3 heterocycles. The second-order valence-electron chi connectivity index (χ2n) is 6.85. The Kier molecular flexibility index (Phi) is 3.43. The van der Waals surface area contributed by atoms with Crippen molar-refractivity contribution in [3.63, 3.8) is 0 Å². The SMILES string of the molecule is O=C(NOCC1[C@@H]2CC3C[C@H]1CN(C3)C2)c1ccccc1. The fourth-order valence-electron chi connectivity index (χ4n) is 4.63. The molecule has 1 amide bonds. The van der Waals surface area contributed by atoms with Gasteiger partial charge in [0.15, 0.2) is 0 Å². The Bertz CT molecular complexity index is 489. The van der Waals surface area contributed by atoms with E-state index in [0.29, 0.717) is 18.1 Å². The molecule has 4 fully saturated rings. The minimum atomic E-state index is -0.150. The number of hydrogen-bond donors (Lipinski definition) is 1. The molecule has 0 radical (unpaired) electrons. The number of hydroxylamine groups is 1. The molecule has 3 saturated heterocycles. The largest absolute Gasteiger partial charge is 0.302 e. The van der Waals surface area contributed by atoms with Gasteiger partial charge in [-0.05, 0) is 48.6 Å². The molecule has 112 valence electrons. The first-order chi connectivity index (χ1) is 10.3. The van der Waals surface area contributed by atoms with E-state index in [2.05, 4.69) is 10.4 Å².